The summed E-state index contributed by atoms with van der Waals surface area (Å²) >= 11 is 0. The van der Waals surface area contributed by atoms with Crippen molar-refractivity contribution in [1.82, 2.24) is 14.9 Å². The molecule has 4 rings (SSSR count). The van der Waals surface area contributed by atoms with E-state index in [2.05, 4.69) is 4.98 Å². The van der Waals surface area contributed by atoms with E-state index in [0.717, 1.165) is 34.9 Å². The van der Waals surface area contributed by atoms with Gasteiger partial charge >= 0.3 is 0 Å². The third-order valence-corrected chi connectivity index (χ3v) is 5.84. The fraction of sp³-hybridized carbons (Fsp3) is 0.478. The summed E-state index contributed by atoms with van der Waals surface area (Å²) in [5.74, 6) is 2.81. The predicted octanol–water partition coefficient (Wildman–Crippen LogP) is 2.68. The van der Waals surface area contributed by atoms with Crippen molar-refractivity contribution in [3.05, 3.63) is 46.9 Å². The predicted molar refractivity (Wildman–Crippen MR) is 113 cm³/mol. The summed E-state index contributed by atoms with van der Waals surface area (Å²) in [6.07, 6.45) is 3.87. The zero-order valence-corrected chi connectivity index (χ0v) is 17.9. The summed E-state index contributed by atoms with van der Waals surface area (Å²) in [7, 11) is 3.38. The SMILES string of the molecule is COc1ccc(CC(=O)N(C)Cc2nc(C)c3c(n2)N(CC2CC2)C(=O)CC3)cc1. The van der Waals surface area contributed by atoms with Crippen LogP contribution in [0, 0.1) is 12.8 Å². The van der Waals surface area contributed by atoms with E-state index in [9.17, 15) is 9.59 Å². The van der Waals surface area contributed by atoms with Gasteiger partial charge in [0.15, 0.2) is 0 Å². The molecule has 1 saturated carbocycles. The molecule has 1 aliphatic heterocycles. The lowest BCUT2D eigenvalue weighted by atomic mass is 10.0. The highest BCUT2D eigenvalue weighted by Crippen LogP contribution is 2.35. The van der Waals surface area contributed by atoms with Gasteiger partial charge in [-0.3, -0.25) is 14.5 Å². The van der Waals surface area contributed by atoms with Crippen LogP contribution < -0.4 is 9.64 Å². The molecule has 0 radical (unpaired) electrons. The highest BCUT2D eigenvalue weighted by Gasteiger charge is 2.33. The van der Waals surface area contributed by atoms with Crippen LogP contribution in [-0.4, -0.2) is 47.4 Å². The molecule has 2 amide bonds. The summed E-state index contributed by atoms with van der Waals surface area (Å²) in [5.41, 5.74) is 2.89. The Morgan fingerprint density at radius 2 is 1.93 bits per heavy atom. The normalized spacial score (nSPS) is 15.7. The summed E-state index contributed by atoms with van der Waals surface area (Å²) in [6.45, 7) is 3.02. The van der Waals surface area contributed by atoms with E-state index < -0.39 is 0 Å². The zero-order valence-electron chi connectivity index (χ0n) is 17.9. The maximum absolute atomic E-state index is 12.7. The van der Waals surface area contributed by atoms with E-state index in [4.69, 9.17) is 9.72 Å². The van der Waals surface area contributed by atoms with Crippen LogP contribution in [0.25, 0.3) is 0 Å². The summed E-state index contributed by atoms with van der Waals surface area (Å²) in [6, 6.07) is 7.49. The topological polar surface area (TPSA) is 75.6 Å². The average molecular weight is 409 g/mol. The van der Waals surface area contributed by atoms with Crippen LogP contribution in [-0.2, 0) is 29.0 Å². The summed E-state index contributed by atoms with van der Waals surface area (Å²) in [4.78, 5) is 38.0. The third kappa shape index (κ3) is 4.45. The lowest BCUT2D eigenvalue weighted by Gasteiger charge is -2.29. The number of carbonyl (C=O) groups excluding carboxylic acids is 2. The van der Waals surface area contributed by atoms with Gasteiger partial charge in [-0.1, -0.05) is 12.1 Å². The molecule has 1 aromatic carbocycles. The summed E-state index contributed by atoms with van der Waals surface area (Å²) in [5, 5.41) is 0. The number of likely N-dealkylation sites (N-methyl/N-ethyl adjacent to an activating group) is 1. The second-order valence-corrected chi connectivity index (χ2v) is 8.25. The monoisotopic (exact) mass is 408 g/mol. The first-order chi connectivity index (χ1) is 14.4. The molecule has 7 heteroatoms. The molecule has 7 nitrogen and oxygen atoms in total. The first-order valence-electron chi connectivity index (χ1n) is 10.5. The van der Waals surface area contributed by atoms with Crippen LogP contribution in [0.5, 0.6) is 5.75 Å². The van der Waals surface area contributed by atoms with Crippen molar-refractivity contribution in [2.45, 2.75) is 45.6 Å². The molecule has 1 aromatic heterocycles. The van der Waals surface area contributed by atoms with Crippen molar-refractivity contribution in [2.24, 2.45) is 5.92 Å². The van der Waals surface area contributed by atoms with Gasteiger partial charge in [0.25, 0.3) is 0 Å². The molecule has 0 atom stereocenters. The Labute approximate surface area is 177 Å². The van der Waals surface area contributed by atoms with Gasteiger partial charge in [0.05, 0.1) is 20.1 Å². The molecule has 0 saturated heterocycles. The number of rotatable bonds is 7. The fourth-order valence-corrected chi connectivity index (χ4v) is 3.81. The lowest BCUT2D eigenvalue weighted by molar-refractivity contribution is -0.129. The van der Waals surface area contributed by atoms with Crippen LogP contribution in [0.2, 0.25) is 0 Å². The van der Waals surface area contributed by atoms with Crippen molar-refractivity contribution in [1.29, 1.82) is 0 Å². The molecular formula is C23H28N4O3. The molecule has 0 bridgehead atoms. The molecule has 2 aromatic rings. The number of hydrogen-bond acceptors (Lipinski definition) is 5. The van der Waals surface area contributed by atoms with Crippen LogP contribution in [0.1, 0.15) is 41.9 Å². The number of benzene rings is 1. The van der Waals surface area contributed by atoms with Gasteiger partial charge in [0.2, 0.25) is 11.8 Å². The number of amides is 2. The molecular weight excluding hydrogens is 380 g/mol. The minimum Gasteiger partial charge on any atom is -0.497 e. The molecule has 158 valence electrons. The number of carbonyl (C=O) groups is 2. The number of hydrogen-bond donors (Lipinski definition) is 0. The van der Waals surface area contributed by atoms with Gasteiger partial charge < -0.3 is 9.64 Å². The van der Waals surface area contributed by atoms with Crippen LogP contribution >= 0.6 is 0 Å². The third-order valence-electron chi connectivity index (χ3n) is 5.84. The van der Waals surface area contributed by atoms with Gasteiger partial charge in [-0.15, -0.1) is 0 Å². The largest absolute Gasteiger partial charge is 0.497 e. The molecule has 0 spiro atoms. The van der Waals surface area contributed by atoms with E-state index >= 15 is 0 Å². The Morgan fingerprint density at radius 1 is 1.20 bits per heavy atom. The number of methoxy groups -OCH3 is 1. The van der Waals surface area contributed by atoms with Crippen molar-refractivity contribution in [2.75, 3.05) is 25.6 Å². The number of ether oxygens (including phenoxy) is 1. The number of fused-ring (bicyclic) bond motifs is 1. The molecule has 2 aliphatic rings. The second-order valence-electron chi connectivity index (χ2n) is 8.25. The van der Waals surface area contributed by atoms with E-state index in [1.54, 1.807) is 19.1 Å². The smallest absolute Gasteiger partial charge is 0.228 e. The molecule has 1 fully saturated rings. The average Bonchev–Trinajstić information content (AvgIpc) is 3.55. The van der Waals surface area contributed by atoms with Crippen LogP contribution in [0.4, 0.5) is 5.82 Å². The molecule has 30 heavy (non-hydrogen) atoms. The number of aromatic nitrogens is 2. The van der Waals surface area contributed by atoms with Crippen molar-refractivity contribution < 1.29 is 14.3 Å². The number of aryl methyl sites for hydroxylation is 1. The lowest BCUT2D eigenvalue weighted by Crippen LogP contribution is -2.38. The minimum absolute atomic E-state index is 0.00921. The molecule has 0 N–H and O–H groups in total. The standard InChI is InChI=1S/C23H28N4O3/c1-15-19-10-11-21(28)27(13-17-4-5-17)23(19)25-20(24-15)14-26(2)22(29)12-16-6-8-18(30-3)9-7-16/h6-9,17H,4-5,10-14H2,1-3H3. The first-order valence-corrected chi connectivity index (χ1v) is 10.5. The van der Waals surface area contributed by atoms with Crippen LogP contribution in [0.3, 0.4) is 0 Å². The van der Waals surface area contributed by atoms with Crippen molar-refractivity contribution in [3.8, 4) is 5.75 Å². The second kappa shape index (κ2) is 8.42. The van der Waals surface area contributed by atoms with Crippen LogP contribution in [0.15, 0.2) is 24.3 Å². The highest BCUT2D eigenvalue weighted by atomic mass is 16.5. The van der Waals surface area contributed by atoms with Gasteiger partial charge in [0.1, 0.15) is 17.4 Å². The molecule has 0 unspecified atom stereocenters. The van der Waals surface area contributed by atoms with Gasteiger partial charge in [-0.2, -0.15) is 0 Å². The van der Waals surface area contributed by atoms with Gasteiger partial charge in [-0.25, -0.2) is 9.97 Å². The van der Waals surface area contributed by atoms with E-state index in [1.807, 2.05) is 36.1 Å². The number of anilines is 1. The van der Waals surface area contributed by atoms with E-state index in [-0.39, 0.29) is 11.8 Å². The minimum atomic E-state index is -0.00921. The Kier molecular flexibility index (Phi) is 5.70. The summed E-state index contributed by atoms with van der Waals surface area (Å²) < 4.78 is 5.16. The van der Waals surface area contributed by atoms with E-state index in [1.165, 1.54) is 12.8 Å². The van der Waals surface area contributed by atoms with Gasteiger partial charge in [-0.05, 0) is 49.8 Å². The maximum atomic E-state index is 12.7. The Hall–Kier alpha value is -2.96. The number of nitrogens with zero attached hydrogens (tertiary/aromatic N) is 4. The fourth-order valence-electron chi connectivity index (χ4n) is 3.81. The maximum Gasteiger partial charge on any atom is 0.228 e. The van der Waals surface area contributed by atoms with Crippen molar-refractivity contribution >= 4 is 17.6 Å². The van der Waals surface area contributed by atoms with Gasteiger partial charge in [0, 0.05) is 31.3 Å². The molecule has 2 heterocycles. The Morgan fingerprint density at radius 3 is 2.60 bits per heavy atom. The van der Waals surface area contributed by atoms with Crippen molar-refractivity contribution in [3.63, 3.8) is 0 Å². The Bertz CT molecular complexity index is 954. The zero-order chi connectivity index (χ0) is 21.3. The Balaban J connectivity index is 1.48. The quantitative estimate of drug-likeness (QED) is 0.704. The van der Waals surface area contributed by atoms with E-state index in [0.29, 0.717) is 37.5 Å². The first kappa shape index (κ1) is 20.3. The highest BCUT2D eigenvalue weighted by molar-refractivity contribution is 5.95. The molecule has 1 aliphatic carbocycles.